The highest BCUT2D eigenvalue weighted by Gasteiger charge is 2.53. The van der Waals surface area contributed by atoms with Gasteiger partial charge in [-0.3, -0.25) is 9.59 Å². The van der Waals surface area contributed by atoms with Gasteiger partial charge in [0.15, 0.2) is 30.2 Å². The second kappa shape index (κ2) is 15.6. The maximum atomic E-state index is 13.1. The molecule has 0 aromatic heterocycles. The van der Waals surface area contributed by atoms with Gasteiger partial charge in [-0.15, -0.1) is 0 Å². The molecule has 3 rings (SSSR count). The smallest absolute Gasteiger partial charge is 0.333 e. The van der Waals surface area contributed by atoms with Gasteiger partial charge in [0.25, 0.3) is 5.91 Å². The van der Waals surface area contributed by atoms with E-state index >= 15 is 0 Å². The summed E-state index contributed by atoms with van der Waals surface area (Å²) in [5.41, 5.74) is 0.715. The summed E-state index contributed by atoms with van der Waals surface area (Å²) in [5.74, 6) is -2.63. The molecule has 2 aliphatic heterocycles. The molecular weight excluding hydrogens is 588 g/mol. The fourth-order valence-corrected chi connectivity index (χ4v) is 4.82. The molecule has 2 aliphatic rings. The molecular formula is C28H40N2O14. The molecule has 0 bridgehead atoms. The molecule has 2 fully saturated rings. The molecule has 0 aliphatic carbocycles. The Morgan fingerprint density at radius 2 is 1.64 bits per heavy atom. The van der Waals surface area contributed by atoms with E-state index in [1.807, 2.05) is 0 Å². The summed E-state index contributed by atoms with van der Waals surface area (Å²) in [4.78, 5) is 37.1. The molecule has 2 amide bonds. The fraction of sp³-hybridized carbons (Fsp3) is 0.607. The van der Waals surface area contributed by atoms with Gasteiger partial charge in [-0.05, 0) is 31.0 Å². The van der Waals surface area contributed by atoms with E-state index in [2.05, 4.69) is 17.2 Å². The lowest BCUT2D eigenvalue weighted by Gasteiger charge is -2.47. The van der Waals surface area contributed by atoms with Gasteiger partial charge in [-0.1, -0.05) is 12.6 Å². The maximum absolute atomic E-state index is 13.1. The third kappa shape index (κ3) is 8.42. The van der Waals surface area contributed by atoms with Crippen molar-refractivity contribution in [2.75, 3.05) is 27.4 Å². The van der Waals surface area contributed by atoms with Crippen LogP contribution in [-0.4, -0.2) is 132 Å². The Morgan fingerprint density at radius 3 is 2.23 bits per heavy atom. The number of aliphatic hydroxyl groups is 3. The van der Waals surface area contributed by atoms with Gasteiger partial charge in [0.2, 0.25) is 5.91 Å². The lowest BCUT2D eigenvalue weighted by molar-refractivity contribution is -0.338. The molecule has 7 N–H and O–H groups in total. The van der Waals surface area contributed by atoms with Crippen molar-refractivity contribution in [2.24, 2.45) is 0 Å². The Bertz CT molecular complexity index is 1180. The lowest BCUT2D eigenvalue weighted by Crippen LogP contribution is -2.68. The minimum Gasteiger partial charge on any atom is -0.504 e. The van der Waals surface area contributed by atoms with Crippen molar-refractivity contribution in [2.45, 2.75) is 81.6 Å². The lowest BCUT2D eigenvalue weighted by atomic mass is 9.95. The number of hydrogen-bond acceptors (Lipinski definition) is 14. The van der Waals surface area contributed by atoms with Gasteiger partial charge in [0, 0.05) is 33.3 Å². The number of esters is 1. The average Bonchev–Trinajstić information content (AvgIpc) is 2.97. The van der Waals surface area contributed by atoms with Crippen LogP contribution in [0.15, 0.2) is 30.4 Å². The summed E-state index contributed by atoms with van der Waals surface area (Å²) in [7, 11) is 2.48. The highest BCUT2D eigenvalue weighted by Crippen LogP contribution is 2.31. The topological polar surface area (TPSA) is 232 Å². The predicted octanol–water partition coefficient (Wildman–Crippen LogP) is -2.04. The van der Waals surface area contributed by atoms with Crippen molar-refractivity contribution in [1.29, 1.82) is 0 Å². The molecule has 0 saturated carbocycles. The summed E-state index contributed by atoms with van der Waals surface area (Å²) >= 11 is 0. The summed E-state index contributed by atoms with van der Waals surface area (Å²) in [6, 6.07) is 3.03. The highest BCUT2D eigenvalue weighted by atomic mass is 16.7. The van der Waals surface area contributed by atoms with Crippen LogP contribution in [0.25, 0.3) is 0 Å². The number of methoxy groups -OCH3 is 2. The molecule has 16 heteroatoms. The number of benzene rings is 1. The van der Waals surface area contributed by atoms with E-state index in [9.17, 15) is 39.9 Å². The van der Waals surface area contributed by atoms with E-state index < -0.39 is 85.7 Å². The van der Waals surface area contributed by atoms with E-state index in [0.717, 1.165) is 0 Å². The fourth-order valence-electron chi connectivity index (χ4n) is 4.82. The quantitative estimate of drug-likeness (QED) is 0.0751. The number of hydrogen-bond donors (Lipinski definition) is 7. The van der Waals surface area contributed by atoms with Crippen LogP contribution in [0.4, 0.5) is 0 Å². The molecule has 1 aromatic rings. The van der Waals surface area contributed by atoms with Gasteiger partial charge in [-0.2, -0.15) is 0 Å². The van der Waals surface area contributed by atoms with Crippen molar-refractivity contribution in [3.05, 3.63) is 35.9 Å². The standard InChI is InChI=1S/C28H40N2O14/c1-12(2)26(38)41-11-17-19(34)22(18(30-13(3)31)27(40-5)42-17)43-28-21(36)20(35)23(39-4)24(44-28)25(37)29-9-8-14-6-7-15(32)16(33)10-14/h6-7,10,17-24,27-28,32-36H,1,8-9,11H2,2-5H3,(H,29,37)(H,30,31)/t17?,18-,19+,20+,21-,22+,23-,24?,27?,28?/m0/s1. The van der Waals surface area contributed by atoms with Crippen LogP contribution in [0.2, 0.25) is 0 Å². The van der Waals surface area contributed by atoms with Crippen LogP contribution < -0.4 is 10.6 Å². The number of amides is 2. The van der Waals surface area contributed by atoms with E-state index in [-0.39, 0.29) is 30.0 Å². The van der Waals surface area contributed by atoms with Gasteiger partial charge in [0.05, 0.1) is 0 Å². The Kier molecular flexibility index (Phi) is 12.4. The molecule has 1 aromatic carbocycles. The van der Waals surface area contributed by atoms with Crippen molar-refractivity contribution in [1.82, 2.24) is 10.6 Å². The Hall–Kier alpha value is -3.35. The van der Waals surface area contributed by atoms with Gasteiger partial charge in [0.1, 0.15) is 49.3 Å². The number of phenolic OH excluding ortho intramolecular Hbond substituents is 2. The number of rotatable bonds is 12. The third-order valence-electron chi connectivity index (χ3n) is 7.12. The molecule has 2 saturated heterocycles. The summed E-state index contributed by atoms with van der Waals surface area (Å²) < 4.78 is 33.1. The number of carbonyl (C=O) groups excluding carboxylic acids is 3. The largest absolute Gasteiger partial charge is 0.504 e. The number of nitrogens with one attached hydrogen (secondary N) is 2. The second-order valence-electron chi connectivity index (χ2n) is 10.4. The first kappa shape index (κ1) is 35.1. The monoisotopic (exact) mass is 628 g/mol. The maximum Gasteiger partial charge on any atom is 0.333 e. The summed E-state index contributed by atoms with van der Waals surface area (Å²) in [5, 5.41) is 57.2. The van der Waals surface area contributed by atoms with Crippen molar-refractivity contribution in [3.8, 4) is 11.5 Å². The predicted molar refractivity (Wildman–Crippen MR) is 148 cm³/mol. The van der Waals surface area contributed by atoms with E-state index in [4.69, 9.17) is 28.4 Å². The number of phenols is 2. The van der Waals surface area contributed by atoms with Crippen LogP contribution in [0.1, 0.15) is 19.4 Å². The summed E-state index contributed by atoms with van der Waals surface area (Å²) in [6.07, 6.45) is -13.2. The zero-order chi connectivity index (χ0) is 32.7. The van der Waals surface area contributed by atoms with Crippen molar-refractivity contribution in [3.63, 3.8) is 0 Å². The van der Waals surface area contributed by atoms with Crippen molar-refractivity contribution < 1.29 is 68.3 Å². The van der Waals surface area contributed by atoms with Crippen LogP contribution in [0.3, 0.4) is 0 Å². The molecule has 246 valence electrons. The molecule has 0 spiro atoms. The van der Waals surface area contributed by atoms with Gasteiger partial charge >= 0.3 is 5.97 Å². The normalized spacial score (nSPS) is 32.0. The first-order valence-electron chi connectivity index (χ1n) is 13.7. The zero-order valence-electron chi connectivity index (χ0n) is 24.7. The van der Waals surface area contributed by atoms with E-state index in [1.54, 1.807) is 6.07 Å². The Labute approximate surface area is 253 Å². The van der Waals surface area contributed by atoms with Gasteiger partial charge in [-0.25, -0.2) is 4.79 Å². The van der Waals surface area contributed by atoms with E-state index in [0.29, 0.717) is 5.56 Å². The molecule has 16 nitrogen and oxygen atoms in total. The third-order valence-corrected chi connectivity index (χ3v) is 7.12. The Morgan fingerprint density at radius 1 is 0.932 bits per heavy atom. The number of aliphatic hydroxyl groups excluding tert-OH is 3. The molecule has 4 unspecified atom stereocenters. The summed E-state index contributed by atoms with van der Waals surface area (Å²) in [6.45, 7) is 5.74. The SMILES string of the molecule is C=C(C)C(=O)OCC1OC(OC)[C@@H](NC(C)=O)[C@@H](OC2OC(C(=O)NCCc3ccc(O)c(O)c3)[C@@H](OC)[C@H](O)[C@@H]2O)[C@@H]1O. The van der Waals surface area contributed by atoms with Crippen LogP contribution >= 0.6 is 0 Å². The van der Waals surface area contributed by atoms with Crippen LogP contribution in [0, 0.1) is 0 Å². The minimum absolute atomic E-state index is 0.0624. The zero-order valence-corrected chi connectivity index (χ0v) is 24.7. The Balaban J connectivity index is 1.78. The number of aromatic hydroxyl groups is 2. The number of carbonyl (C=O) groups is 3. The van der Waals surface area contributed by atoms with Crippen molar-refractivity contribution >= 4 is 17.8 Å². The molecule has 44 heavy (non-hydrogen) atoms. The molecule has 10 atom stereocenters. The van der Waals surface area contributed by atoms with Gasteiger partial charge < -0.3 is 64.6 Å². The second-order valence-corrected chi connectivity index (χ2v) is 10.4. The number of ether oxygens (including phenoxy) is 6. The van der Waals surface area contributed by atoms with Crippen LogP contribution in [0.5, 0.6) is 11.5 Å². The highest BCUT2D eigenvalue weighted by molar-refractivity contribution is 5.86. The first-order valence-corrected chi connectivity index (χ1v) is 13.7. The minimum atomic E-state index is -1.78. The average molecular weight is 629 g/mol. The van der Waals surface area contributed by atoms with E-state index in [1.165, 1.54) is 40.2 Å². The molecule has 0 radical (unpaired) electrons. The van der Waals surface area contributed by atoms with Crippen LogP contribution in [-0.2, 0) is 49.2 Å². The first-order chi connectivity index (χ1) is 20.8. The molecule has 2 heterocycles.